The van der Waals surface area contributed by atoms with Crippen molar-refractivity contribution >= 4 is 12.4 Å². The number of methoxy groups -OCH3 is 2. The molecule has 0 amide bonds. The van der Waals surface area contributed by atoms with Crippen molar-refractivity contribution in [3.63, 3.8) is 0 Å². The first-order chi connectivity index (χ1) is 16.6. The van der Waals surface area contributed by atoms with E-state index in [2.05, 4.69) is 12.1 Å². The molecule has 2 aliphatic carbocycles. The number of nitrogens with one attached hydrogen (secondary N) is 2. The van der Waals surface area contributed by atoms with Gasteiger partial charge in [-0.3, -0.25) is 0 Å². The summed E-state index contributed by atoms with van der Waals surface area (Å²) in [5.41, 5.74) is 4.44. The van der Waals surface area contributed by atoms with Gasteiger partial charge in [0.15, 0.2) is 0 Å². The maximum Gasteiger partial charge on any atom is 0.122 e. The van der Waals surface area contributed by atoms with Crippen LogP contribution in [0.2, 0.25) is 0 Å². The third-order valence-electron chi connectivity index (χ3n) is 8.41. The highest BCUT2D eigenvalue weighted by atomic mass is 16.5. The number of hydrogen-bond donors (Lipinski definition) is 2. The molecule has 0 atom stereocenters. The predicted molar refractivity (Wildman–Crippen MR) is 140 cm³/mol. The molecule has 0 aromatic heterocycles. The highest BCUT2D eigenvalue weighted by Crippen LogP contribution is 2.43. The normalized spacial score (nSPS) is 24.9. The van der Waals surface area contributed by atoms with Crippen molar-refractivity contribution in [2.24, 2.45) is 23.7 Å². The third-order valence-corrected chi connectivity index (χ3v) is 8.41. The summed E-state index contributed by atoms with van der Waals surface area (Å²) >= 11 is 0. The predicted octanol–water partition coefficient (Wildman–Crippen LogP) is 7.10. The van der Waals surface area contributed by atoms with E-state index in [4.69, 9.17) is 20.3 Å². The van der Waals surface area contributed by atoms with Gasteiger partial charge < -0.3 is 20.3 Å². The summed E-state index contributed by atoms with van der Waals surface area (Å²) in [6, 6.07) is 12.2. The maximum absolute atomic E-state index is 7.56. The maximum atomic E-state index is 7.56. The van der Waals surface area contributed by atoms with Gasteiger partial charge in [-0.2, -0.15) is 0 Å². The molecule has 0 spiro atoms. The lowest BCUT2D eigenvalue weighted by Gasteiger charge is -2.38. The standard InChI is InChI=1S/C30H40N2O2/c1-33-29-13-7-23(19-31)17-27(29)15-21-3-9-25(10-4-21)26-11-5-22(6-12-26)16-28-18-24(20-32)8-14-30(28)34-2/h7-8,13-14,17-22,25-26,31-32H,3-6,9-12,15-16H2,1-2H3. The molecule has 0 saturated heterocycles. The van der Waals surface area contributed by atoms with Gasteiger partial charge in [0.2, 0.25) is 0 Å². The second-order valence-electron chi connectivity index (χ2n) is 10.4. The molecule has 4 rings (SSSR count). The number of benzene rings is 2. The van der Waals surface area contributed by atoms with E-state index in [0.29, 0.717) is 0 Å². The van der Waals surface area contributed by atoms with Gasteiger partial charge in [0.1, 0.15) is 11.5 Å². The molecule has 4 nitrogen and oxygen atoms in total. The average Bonchev–Trinajstić information content (AvgIpc) is 2.89. The minimum Gasteiger partial charge on any atom is -0.496 e. The minimum absolute atomic E-state index is 0.732. The van der Waals surface area contributed by atoms with Gasteiger partial charge in [0, 0.05) is 12.4 Å². The SMILES string of the molecule is COc1ccc(C=N)cc1CC1CCC(C2CCC(Cc3cc(C=N)ccc3OC)CC2)CC1. The Kier molecular flexibility index (Phi) is 8.42. The Morgan fingerprint density at radius 3 is 1.35 bits per heavy atom. The van der Waals surface area contributed by atoms with E-state index in [1.807, 2.05) is 24.3 Å². The smallest absolute Gasteiger partial charge is 0.122 e. The lowest BCUT2D eigenvalue weighted by molar-refractivity contribution is 0.145. The molecule has 2 saturated carbocycles. The molecule has 0 heterocycles. The van der Waals surface area contributed by atoms with Crippen LogP contribution in [-0.2, 0) is 12.8 Å². The van der Waals surface area contributed by atoms with Crippen LogP contribution < -0.4 is 9.47 Å². The first-order valence-electron chi connectivity index (χ1n) is 13.0. The zero-order chi connectivity index (χ0) is 23.9. The van der Waals surface area contributed by atoms with E-state index in [1.54, 1.807) is 14.2 Å². The molecule has 4 heteroatoms. The van der Waals surface area contributed by atoms with Crippen molar-refractivity contribution in [3.8, 4) is 11.5 Å². The van der Waals surface area contributed by atoms with Crippen LogP contribution in [0.15, 0.2) is 36.4 Å². The van der Waals surface area contributed by atoms with Gasteiger partial charge in [-0.15, -0.1) is 0 Å². The Morgan fingerprint density at radius 2 is 1.03 bits per heavy atom. The molecular formula is C30H40N2O2. The van der Waals surface area contributed by atoms with Crippen LogP contribution in [0.4, 0.5) is 0 Å². The van der Waals surface area contributed by atoms with Gasteiger partial charge in [-0.05, 0) is 147 Å². The van der Waals surface area contributed by atoms with E-state index < -0.39 is 0 Å². The van der Waals surface area contributed by atoms with E-state index in [-0.39, 0.29) is 0 Å². The Labute approximate surface area is 205 Å². The summed E-state index contributed by atoms with van der Waals surface area (Å²) in [6.45, 7) is 0. The van der Waals surface area contributed by atoms with E-state index in [0.717, 1.165) is 59.1 Å². The molecule has 0 bridgehead atoms. The van der Waals surface area contributed by atoms with Crippen LogP contribution in [0, 0.1) is 34.5 Å². The number of ether oxygens (including phenoxy) is 2. The summed E-state index contributed by atoms with van der Waals surface area (Å²) in [4.78, 5) is 0. The molecule has 2 aromatic carbocycles. The lowest BCUT2D eigenvalue weighted by atomic mass is 9.68. The molecule has 2 aromatic rings. The van der Waals surface area contributed by atoms with Gasteiger partial charge in [-0.25, -0.2) is 0 Å². The molecular weight excluding hydrogens is 420 g/mol. The summed E-state index contributed by atoms with van der Waals surface area (Å²) in [7, 11) is 3.49. The monoisotopic (exact) mass is 460 g/mol. The number of hydrogen-bond acceptors (Lipinski definition) is 4. The number of rotatable bonds is 9. The summed E-state index contributed by atoms with van der Waals surface area (Å²) in [6.07, 6.45) is 15.7. The third kappa shape index (κ3) is 5.89. The molecule has 0 unspecified atom stereocenters. The quantitative estimate of drug-likeness (QED) is 0.392. The van der Waals surface area contributed by atoms with Gasteiger partial charge in [0.05, 0.1) is 14.2 Å². The van der Waals surface area contributed by atoms with Gasteiger partial charge >= 0.3 is 0 Å². The zero-order valence-corrected chi connectivity index (χ0v) is 20.8. The summed E-state index contributed by atoms with van der Waals surface area (Å²) in [5, 5.41) is 15.1. The van der Waals surface area contributed by atoms with E-state index >= 15 is 0 Å². The first kappa shape index (κ1) is 24.5. The zero-order valence-electron chi connectivity index (χ0n) is 20.8. The van der Waals surface area contributed by atoms with Crippen LogP contribution in [0.5, 0.6) is 11.5 Å². The van der Waals surface area contributed by atoms with Gasteiger partial charge in [0.25, 0.3) is 0 Å². The van der Waals surface area contributed by atoms with Crippen molar-refractivity contribution in [1.29, 1.82) is 10.8 Å². The average molecular weight is 461 g/mol. The summed E-state index contributed by atoms with van der Waals surface area (Å²) in [5.74, 6) is 5.18. The van der Waals surface area contributed by atoms with Crippen LogP contribution in [0.3, 0.4) is 0 Å². The topological polar surface area (TPSA) is 66.2 Å². The molecule has 0 radical (unpaired) electrons. The molecule has 2 N–H and O–H groups in total. The molecule has 0 aliphatic heterocycles. The highest BCUT2D eigenvalue weighted by Gasteiger charge is 2.31. The Morgan fingerprint density at radius 1 is 0.647 bits per heavy atom. The second kappa shape index (κ2) is 11.7. The van der Waals surface area contributed by atoms with Crippen LogP contribution >= 0.6 is 0 Å². The van der Waals surface area contributed by atoms with Crippen LogP contribution in [-0.4, -0.2) is 26.6 Å². The fourth-order valence-corrected chi connectivity index (χ4v) is 6.45. The van der Waals surface area contributed by atoms with Crippen molar-refractivity contribution < 1.29 is 9.47 Å². The second-order valence-corrected chi connectivity index (χ2v) is 10.4. The summed E-state index contributed by atoms with van der Waals surface area (Å²) < 4.78 is 11.2. The van der Waals surface area contributed by atoms with Gasteiger partial charge in [-0.1, -0.05) is 0 Å². The fourth-order valence-electron chi connectivity index (χ4n) is 6.45. The highest BCUT2D eigenvalue weighted by molar-refractivity contribution is 5.78. The molecule has 2 aliphatic rings. The Hall–Kier alpha value is -2.62. The van der Waals surface area contributed by atoms with Crippen LogP contribution in [0.1, 0.15) is 73.6 Å². The van der Waals surface area contributed by atoms with E-state index in [1.165, 1.54) is 74.9 Å². The van der Waals surface area contributed by atoms with Crippen LogP contribution in [0.25, 0.3) is 0 Å². The van der Waals surface area contributed by atoms with Crippen molar-refractivity contribution in [2.45, 2.75) is 64.2 Å². The molecule has 182 valence electrons. The van der Waals surface area contributed by atoms with E-state index in [9.17, 15) is 0 Å². The molecule has 2 fully saturated rings. The first-order valence-corrected chi connectivity index (χ1v) is 13.0. The Balaban J connectivity index is 1.26. The van der Waals surface area contributed by atoms with Crippen molar-refractivity contribution in [3.05, 3.63) is 58.7 Å². The fraction of sp³-hybridized carbons (Fsp3) is 0.533. The molecule has 34 heavy (non-hydrogen) atoms. The minimum atomic E-state index is 0.732. The Bertz CT molecular complexity index is 890. The van der Waals surface area contributed by atoms with Crippen molar-refractivity contribution in [1.82, 2.24) is 0 Å². The van der Waals surface area contributed by atoms with Crippen molar-refractivity contribution in [2.75, 3.05) is 14.2 Å². The largest absolute Gasteiger partial charge is 0.496 e. The lowest BCUT2D eigenvalue weighted by Crippen LogP contribution is -2.27.